The van der Waals surface area contributed by atoms with Gasteiger partial charge in [-0.1, -0.05) is 19.2 Å². The number of pyridine rings is 1. The maximum atomic E-state index is 13.8. The van der Waals surface area contributed by atoms with E-state index in [9.17, 15) is 13.2 Å². The van der Waals surface area contributed by atoms with Crippen molar-refractivity contribution in [1.29, 1.82) is 0 Å². The number of anilines is 1. The Labute approximate surface area is 227 Å². The van der Waals surface area contributed by atoms with Crippen molar-refractivity contribution in [2.75, 3.05) is 4.90 Å². The minimum absolute atomic E-state index is 0.0579. The lowest BCUT2D eigenvalue weighted by atomic mass is 10.1. The van der Waals surface area contributed by atoms with E-state index in [4.69, 9.17) is 4.98 Å². The standard InChI is InChI=1S/C28H29N7O3S/c1-5-17(3)35-27-20(13-31-26(34-27)24-18(4)32-16-33-25(24)19-7-8-19)9-12-23(28(35)36)30-14-21-10-11-22(15-29-21)39(37,38)6-2/h6,9-11,13,15-17,19,30H,2,5,7-8,14H2,1,3-4H3/t17-/m0/s1. The average molecular weight is 544 g/mol. The van der Waals surface area contributed by atoms with E-state index < -0.39 is 9.84 Å². The van der Waals surface area contributed by atoms with Crippen molar-refractivity contribution >= 4 is 27.6 Å². The molecule has 1 aliphatic carbocycles. The second-order valence-electron chi connectivity index (χ2n) is 9.61. The van der Waals surface area contributed by atoms with E-state index in [-0.39, 0.29) is 29.1 Å². The van der Waals surface area contributed by atoms with E-state index in [1.54, 1.807) is 29.6 Å². The second kappa shape index (κ2) is 10.5. The summed E-state index contributed by atoms with van der Waals surface area (Å²) in [5.41, 5.74) is 7.13. The predicted octanol–water partition coefficient (Wildman–Crippen LogP) is 3.86. The first kappa shape index (κ1) is 26.4. The number of nitrogens with zero attached hydrogens (tertiary/aromatic N) is 6. The van der Waals surface area contributed by atoms with Crippen LogP contribution in [0.25, 0.3) is 17.5 Å². The number of rotatable bonds is 9. The van der Waals surface area contributed by atoms with Crippen LogP contribution in [-0.4, -0.2) is 45.3 Å². The molecule has 0 unspecified atom stereocenters. The van der Waals surface area contributed by atoms with Gasteiger partial charge in [0, 0.05) is 35.3 Å². The van der Waals surface area contributed by atoms with Gasteiger partial charge < -0.3 is 5.32 Å². The van der Waals surface area contributed by atoms with Crippen LogP contribution in [0.5, 0.6) is 0 Å². The number of aryl methyl sites for hydroxylation is 1. The minimum atomic E-state index is -3.57. The number of hydrogen-bond acceptors (Lipinski definition) is 9. The Morgan fingerprint density at radius 3 is 2.67 bits per heavy atom. The molecular formula is C28H29N7O3S. The van der Waals surface area contributed by atoms with E-state index >= 15 is 0 Å². The molecule has 10 nitrogen and oxygen atoms in total. The number of aromatic nitrogens is 5. The molecule has 0 radical (unpaired) electrons. The van der Waals surface area contributed by atoms with E-state index in [2.05, 4.69) is 37.6 Å². The maximum absolute atomic E-state index is 13.8. The molecule has 11 heteroatoms. The Bertz CT molecular complexity index is 1620. The van der Waals surface area contributed by atoms with Crippen molar-refractivity contribution in [2.45, 2.75) is 63.4 Å². The largest absolute Gasteiger partial charge is 0.369 e. The molecule has 5 rings (SSSR count). The van der Waals surface area contributed by atoms with E-state index in [1.165, 1.54) is 12.3 Å². The van der Waals surface area contributed by atoms with E-state index in [0.717, 1.165) is 35.2 Å². The van der Waals surface area contributed by atoms with Crippen LogP contribution in [0, 0.1) is 6.92 Å². The summed E-state index contributed by atoms with van der Waals surface area (Å²) < 4.78 is 23.9. The first-order valence-electron chi connectivity index (χ1n) is 12.8. The minimum Gasteiger partial charge on any atom is -0.369 e. The molecule has 1 fully saturated rings. The number of hydrogen-bond donors (Lipinski definition) is 1. The number of fused-ring (bicyclic) bond motifs is 1. The molecule has 0 saturated heterocycles. The zero-order valence-electron chi connectivity index (χ0n) is 22.0. The Morgan fingerprint density at radius 1 is 1.21 bits per heavy atom. The Balaban J connectivity index is 1.47. The van der Waals surface area contributed by atoms with E-state index in [0.29, 0.717) is 35.2 Å². The highest BCUT2D eigenvalue weighted by Crippen LogP contribution is 2.43. The molecule has 2 aliphatic rings. The van der Waals surface area contributed by atoms with Crippen LogP contribution >= 0.6 is 0 Å². The number of amides is 1. The first-order chi connectivity index (χ1) is 18.7. The molecule has 1 N–H and O–H groups in total. The van der Waals surface area contributed by atoms with Gasteiger partial charge in [-0.2, -0.15) is 0 Å². The first-order valence-corrected chi connectivity index (χ1v) is 14.3. The monoisotopic (exact) mass is 543 g/mol. The van der Waals surface area contributed by atoms with Gasteiger partial charge in [0.15, 0.2) is 5.82 Å². The van der Waals surface area contributed by atoms with Gasteiger partial charge in [-0.05, 0) is 51.3 Å². The number of carbonyl (C=O) groups is 1. The van der Waals surface area contributed by atoms with Gasteiger partial charge in [0.25, 0.3) is 5.91 Å². The van der Waals surface area contributed by atoms with Crippen molar-refractivity contribution in [1.82, 2.24) is 30.2 Å². The van der Waals surface area contributed by atoms with Gasteiger partial charge >= 0.3 is 0 Å². The topological polar surface area (TPSA) is 131 Å². The van der Waals surface area contributed by atoms with Crippen molar-refractivity contribution in [3.8, 4) is 11.4 Å². The van der Waals surface area contributed by atoms with Crippen molar-refractivity contribution < 1.29 is 13.2 Å². The summed E-state index contributed by atoms with van der Waals surface area (Å²) in [5, 5.41) is 4.00. The van der Waals surface area contributed by atoms with E-state index in [1.807, 2.05) is 20.8 Å². The molecule has 1 atom stereocenters. The van der Waals surface area contributed by atoms with Crippen LogP contribution < -0.4 is 10.2 Å². The normalized spacial score (nSPS) is 15.8. The highest BCUT2D eigenvalue weighted by molar-refractivity contribution is 7.94. The van der Waals surface area contributed by atoms with Crippen molar-refractivity contribution in [3.63, 3.8) is 0 Å². The summed E-state index contributed by atoms with van der Waals surface area (Å²) in [4.78, 5) is 38.2. The Hall–Kier alpha value is -4.21. The maximum Gasteiger partial charge on any atom is 0.283 e. The lowest BCUT2D eigenvalue weighted by Gasteiger charge is -2.29. The molecule has 3 aromatic heterocycles. The number of nitrogens with one attached hydrogen (secondary N) is 1. The summed E-state index contributed by atoms with van der Waals surface area (Å²) in [6, 6.07) is 2.90. The molecule has 3 aromatic rings. The van der Waals surface area contributed by atoms with Crippen LogP contribution in [0.4, 0.5) is 5.82 Å². The lowest BCUT2D eigenvalue weighted by Crippen LogP contribution is -2.42. The smallest absolute Gasteiger partial charge is 0.283 e. The van der Waals surface area contributed by atoms with Gasteiger partial charge in [-0.25, -0.2) is 28.4 Å². The summed E-state index contributed by atoms with van der Waals surface area (Å²) in [6.07, 6.45) is 9.13. The third-order valence-electron chi connectivity index (χ3n) is 6.91. The third kappa shape index (κ3) is 5.23. The summed E-state index contributed by atoms with van der Waals surface area (Å²) in [7, 11) is -3.57. The molecule has 1 aliphatic heterocycles. The molecule has 39 heavy (non-hydrogen) atoms. The summed E-state index contributed by atoms with van der Waals surface area (Å²) >= 11 is 0. The fraction of sp³-hybridized carbons (Fsp3) is 0.321. The van der Waals surface area contributed by atoms with Gasteiger partial charge in [-0.15, -0.1) is 0 Å². The van der Waals surface area contributed by atoms with Crippen LogP contribution in [0.1, 0.15) is 61.7 Å². The number of sulfone groups is 1. The van der Waals surface area contributed by atoms with Crippen LogP contribution in [0.3, 0.4) is 0 Å². The molecule has 200 valence electrons. The van der Waals surface area contributed by atoms with Crippen molar-refractivity contribution in [2.24, 2.45) is 0 Å². The van der Waals surface area contributed by atoms with Gasteiger partial charge in [-0.3, -0.25) is 14.7 Å². The quantitative estimate of drug-likeness (QED) is 0.400. The second-order valence-corrected chi connectivity index (χ2v) is 11.5. The molecule has 0 bridgehead atoms. The zero-order chi connectivity index (χ0) is 27.7. The molecule has 1 saturated carbocycles. The molecule has 0 spiro atoms. The SMILES string of the molecule is C=CS(=O)(=O)c1ccc(CNC2=C=Cc3cnc(-c4c(C)ncnc4C4CC4)nc3N([C@@H](C)CC)C2=O)nc1. The van der Waals surface area contributed by atoms with Gasteiger partial charge in [0.2, 0.25) is 9.84 Å². The van der Waals surface area contributed by atoms with Crippen LogP contribution in [0.15, 0.2) is 59.2 Å². The third-order valence-corrected chi connectivity index (χ3v) is 8.24. The Morgan fingerprint density at radius 2 is 2.00 bits per heavy atom. The summed E-state index contributed by atoms with van der Waals surface area (Å²) in [5.74, 6) is 1.11. The van der Waals surface area contributed by atoms with Crippen molar-refractivity contribution in [3.05, 3.63) is 76.9 Å². The van der Waals surface area contributed by atoms with Gasteiger partial charge in [0.1, 0.15) is 17.8 Å². The average Bonchev–Trinajstić information content (AvgIpc) is 3.80. The lowest BCUT2D eigenvalue weighted by molar-refractivity contribution is -0.116. The zero-order valence-corrected chi connectivity index (χ0v) is 22.9. The molecular weight excluding hydrogens is 514 g/mol. The molecule has 4 heterocycles. The van der Waals surface area contributed by atoms with Crippen LogP contribution in [-0.2, 0) is 21.2 Å². The highest BCUT2D eigenvalue weighted by atomic mass is 32.2. The predicted molar refractivity (Wildman–Crippen MR) is 147 cm³/mol. The number of carbonyl (C=O) groups excluding carboxylic acids is 1. The fourth-order valence-corrected chi connectivity index (χ4v) is 4.99. The Kier molecular flexibility index (Phi) is 7.12. The highest BCUT2D eigenvalue weighted by Gasteiger charge is 2.32. The molecule has 0 aromatic carbocycles. The molecule has 1 amide bonds. The van der Waals surface area contributed by atoms with Crippen LogP contribution in [0.2, 0.25) is 0 Å². The fourth-order valence-electron chi connectivity index (χ4n) is 4.34. The van der Waals surface area contributed by atoms with Gasteiger partial charge in [0.05, 0.1) is 34.1 Å². The summed E-state index contributed by atoms with van der Waals surface area (Å²) in [6.45, 7) is 9.44.